The molecule has 1 aromatic carbocycles. The molecule has 2 heterocycles. The van der Waals surface area contributed by atoms with E-state index in [-0.39, 0.29) is 5.97 Å². The van der Waals surface area contributed by atoms with Gasteiger partial charge in [0.2, 0.25) is 0 Å². The maximum absolute atomic E-state index is 11.1. The fraction of sp³-hybridized carbons (Fsp3) is 0.400. The number of aromatic amines is 1. The van der Waals surface area contributed by atoms with Crippen molar-refractivity contribution in [2.45, 2.75) is 19.8 Å². The molecule has 0 aliphatic carbocycles. The highest BCUT2D eigenvalue weighted by atomic mass is 16.5. The molecule has 4 heteroatoms. The number of benzene rings is 1. The molecule has 1 saturated heterocycles. The average Bonchev–Trinajstić information content (AvgIpc) is 2.71. The van der Waals surface area contributed by atoms with E-state index in [2.05, 4.69) is 16.0 Å². The van der Waals surface area contributed by atoms with Crippen LogP contribution in [0.15, 0.2) is 24.4 Å². The Morgan fingerprint density at radius 2 is 2.26 bits per heavy atom. The number of carbonyl (C=O) groups excluding carboxylic acids is 1. The SMILES string of the molecule is CC(=O)Oc1cccc2c(CCN3CCC3)c[nH]c12. The minimum atomic E-state index is -0.288. The molecule has 1 fully saturated rings. The Balaban J connectivity index is 1.83. The number of rotatable bonds is 4. The van der Waals surface area contributed by atoms with E-state index < -0.39 is 0 Å². The van der Waals surface area contributed by atoms with Crippen molar-refractivity contribution in [3.8, 4) is 5.75 Å². The Bertz CT molecular complexity index is 599. The fourth-order valence-electron chi connectivity index (χ4n) is 2.52. The van der Waals surface area contributed by atoms with Gasteiger partial charge in [-0.2, -0.15) is 0 Å². The second-order valence-electron chi connectivity index (χ2n) is 5.03. The van der Waals surface area contributed by atoms with Gasteiger partial charge in [0, 0.05) is 25.1 Å². The average molecular weight is 258 g/mol. The van der Waals surface area contributed by atoms with Gasteiger partial charge in [-0.3, -0.25) is 4.79 Å². The molecule has 0 bridgehead atoms. The van der Waals surface area contributed by atoms with Crippen LogP contribution in [0.25, 0.3) is 10.9 Å². The Hall–Kier alpha value is -1.81. The predicted octanol–water partition coefficient (Wildman–Crippen LogP) is 2.34. The molecule has 100 valence electrons. The number of aromatic nitrogens is 1. The first-order chi connectivity index (χ1) is 9.24. The number of H-pyrrole nitrogens is 1. The van der Waals surface area contributed by atoms with Gasteiger partial charge in [-0.1, -0.05) is 12.1 Å². The van der Waals surface area contributed by atoms with E-state index in [0.29, 0.717) is 5.75 Å². The van der Waals surface area contributed by atoms with Crippen LogP contribution >= 0.6 is 0 Å². The maximum atomic E-state index is 11.1. The molecule has 0 spiro atoms. The van der Waals surface area contributed by atoms with Crippen molar-refractivity contribution < 1.29 is 9.53 Å². The first kappa shape index (κ1) is 12.2. The van der Waals surface area contributed by atoms with Crippen LogP contribution in [0.4, 0.5) is 0 Å². The van der Waals surface area contributed by atoms with E-state index in [4.69, 9.17) is 4.74 Å². The lowest BCUT2D eigenvalue weighted by molar-refractivity contribution is -0.131. The number of ether oxygens (including phenoxy) is 1. The number of nitrogens with one attached hydrogen (secondary N) is 1. The van der Waals surface area contributed by atoms with Gasteiger partial charge < -0.3 is 14.6 Å². The molecule has 0 radical (unpaired) electrons. The summed E-state index contributed by atoms with van der Waals surface area (Å²) in [6.45, 7) is 4.97. The van der Waals surface area contributed by atoms with Crippen molar-refractivity contribution in [3.05, 3.63) is 30.0 Å². The summed E-state index contributed by atoms with van der Waals surface area (Å²) >= 11 is 0. The van der Waals surface area contributed by atoms with Crippen LogP contribution in [0.2, 0.25) is 0 Å². The highest BCUT2D eigenvalue weighted by molar-refractivity contribution is 5.90. The topological polar surface area (TPSA) is 45.3 Å². The van der Waals surface area contributed by atoms with Crippen molar-refractivity contribution in [1.82, 2.24) is 9.88 Å². The molecule has 2 aromatic rings. The summed E-state index contributed by atoms with van der Waals surface area (Å²) in [5.74, 6) is 0.324. The Kier molecular flexibility index (Phi) is 3.25. The van der Waals surface area contributed by atoms with Gasteiger partial charge in [0.05, 0.1) is 5.52 Å². The van der Waals surface area contributed by atoms with Crippen molar-refractivity contribution in [3.63, 3.8) is 0 Å². The first-order valence-electron chi connectivity index (χ1n) is 6.74. The molecular weight excluding hydrogens is 240 g/mol. The first-order valence-corrected chi connectivity index (χ1v) is 6.74. The molecule has 1 aliphatic heterocycles. The summed E-state index contributed by atoms with van der Waals surface area (Å²) in [5.41, 5.74) is 2.20. The third kappa shape index (κ3) is 2.49. The minimum absolute atomic E-state index is 0.288. The van der Waals surface area contributed by atoms with Crippen LogP contribution in [0, 0.1) is 0 Å². The number of para-hydroxylation sites is 1. The van der Waals surface area contributed by atoms with Crippen molar-refractivity contribution in [2.75, 3.05) is 19.6 Å². The molecule has 0 amide bonds. The normalized spacial score (nSPS) is 15.4. The Labute approximate surface area is 112 Å². The van der Waals surface area contributed by atoms with E-state index >= 15 is 0 Å². The van der Waals surface area contributed by atoms with Gasteiger partial charge in [-0.15, -0.1) is 0 Å². The second kappa shape index (κ2) is 5.05. The third-order valence-corrected chi connectivity index (χ3v) is 3.66. The molecule has 1 N–H and O–H groups in total. The lowest BCUT2D eigenvalue weighted by Crippen LogP contribution is -2.38. The van der Waals surface area contributed by atoms with Gasteiger partial charge in [-0.25, -0.2) is 0 Å². The molecule has 4 nitrogen and oxygen atoms in total. The van der Waals surface area contributed by atoms with Crippen LogP contribution in [0.5, 0.6) is 5.75 Å². The van der Waals surface area contributed by atoms with Gasteiger partial charge in [0.1, 0.15) is 0 Å². The quantitative estimate of drug-likeness (QED) is 0.676. The second-order valence-corrected chi connectivity index (χ2v) is 5.03. The zero-order valence-corrected chi connectivity index (χ0v) is 11.1. The monoisotopic (exact) mass is 258 g/mol. The standard InChI is InChI=1S/C15H18N2O2/c1-11(18)19-14-5-2-4-13-12(10-16-15(13)14)6-9-17-7-3-8-17/h2,4-5,10,16H,3,6-9H2,1H3. The van der Waals surface area contributed by atoms with Crippen LogP contribution in [-0.4, -0.2) is 35.5 Å². The third-order valence-electron chi connectivity index (χ3n) is 3.66. The maximum Gasteiger partial charge on any atom is 0.308 e. The molecule has 0 saturated carbocycles. The summed E-state index contributed by atoms with van der Waals surface area (Å²) in [5, 5.41) is 1.15. The summed E-state index contributed by atoms with van der Waals surface area (Å²) in [6, 6.07) is 5.82. The Morgan fingerprint density at radius 1 is 1.42 bits per heavy atom. The number of likely N-dealkylation sites (tertiary alicyclic amines) is 1. The van der Waals surface area contributed by atoms with E-state index in [1.807, 2.05) is 18.3 Å². The van der Waals surface area contributed by atoms with Crippen molar-refractivity contribution >= 4 is 16.9 Å². The summed E-state index contributed by atoms with van der Waals surface area (Å²) in [4.78, 5) is 16.8. The lowest BCUT2D eigenvalue weighted by Gasteiger charge is -2.30. The summed E-state index contributed by atoms with van der Waals surface area (Å²) in [6.07, 6.45) is 4.38. The highest BCUT2D eigenvalue weighted by Gasteiger charge is 2.15. The van der Waals surface area contributed by atoms with Gasteiger partial charge >= 0.3 is 5.97 Å². The van der Waals surface area contributed by atoms with Crippen LogP contribution in [-0.2, 0) is 11.2 Å². The zero-order chi connectivity index (χ0) is 13.2. The van der Waals surface area contributed by atoms with Crippen LogP contribution < -0.4 is 4.74 Å². The minimum Gasteiger partial charge on any atom is -0.424 e. The summed E-state index contributed by atoms with van der Waals surface area (Å²) < 4.78 is 5.22. The van der Waals surface area contributed by atoms with Crippen molar-refractivity contribution in [2.24, 2.45) is 0 Å². The van der Waals surface area contributed by atoms with E-state index in [0.717, 1.165) is 23.9 Å². The summed E-state index contributed by atoms with van der Waals surface area (Å²) in [7, 11) is 0. The zero-order valence-electron chi connectivity index (χ0n) is 11.1. The molecule has 0 unspecified atom stereocenters. The van der Waals surface area contributed by atoms with Crippen LogP contribution in [0.3, 0.4) is 0 Å². The fourth-order valence-corrected chi connectivity index (χ4v) is 2.52. The van der Waals surface area contributed by atoms with Crippen molar-refractivity contribution in [1.29, 1.82) is 0 Å². The molecule has 3 rings (SSSR count). The van der Waals surface area contributed by atoms with Gasteiger partial charge in [0.25, 0.3) is 0 Å². The van der Waals surface area contributed by atoms with Gasteiger partial charge in [-0.05, 0) is 37.6 Å². The predicted molar refractivity (Wildman–Crippen MR) is 74.4 cm³/mol. The van der Waals surface area contributed by atoms with E-state index in [1.54, 1.807) is 0 Å². The number of nitrogens with zero attached hydrogens (tertiary/aromatic N) is 1. The lowest BCUT2D eigenvalue weighted by atomic mass is 10.1. The number of hydrogen-bond donors (Lipinski definition) is 1. The molecule has 19 heavy (non-hydrogen) atoms. The number of fused-ring (bicyclic) bond motifs is 1. The van der Waals surface area contributed by atoms with E-state index in [1.165, 1.54) is 32.0 Å². The molecule has 1 aromatic heterocycles. The number of carbonyl (C=O) groups is 1. The number of hydrogen-bond acceptors (Lipinski definition) is 3. The largest absolute Gasteiger partial charge is 0.424 e. The van der Waals surface area contributed by atoms with E-state index in [9.17, 15) is 4.79 Å². The smallest absolute Gasteiger partial charge is 0.308 e. The molecule has 0 atom stereocenters. The molecular formula is C15H18N2O2. The van der Waals surface area contributed by atoms with Crippen LogP contribution in [0.1, 0.15) is 18.9 Å². The van der Waals surface area contributed by atoms with Gasteiger partial charge in [0.15, 0.2) is 5.75 Å². The molecule has 1 aliphatic rings. The Morgan fingerprint density at radius 3 is 2.95 bits per heavy atom. The highest BCUT2D eigenvalue weighted by Crippen LogP contribution is 2.28. The number of esters is 1.